The van der Waals surface area contributed by atoms with Crippen molar-refractivity contribution in [2.45, 2.75) is 32.9 Å². The lowest BCUT2D eigenvalue weighted by Crippen LogP contribution is -2.43. The second-order valence-corrected chi connectivity index (χ2v) is 6.84. The Morgan fingerprint density at radius 2 is 1.88 bits per heavy atom. The molecule has 0 aliphatic carbocycles. The Balaban J connectivity index is 1.52. The maximum Gasteiger partial charge on any atom is 0.227 e. The van der Waals surface area contributed by atoms with Crippen molar-refractivity contribution >= 4 is 11.6 Å². The molecule has 1 amide bonds. The minimum atomic E-state index is -0.0524. The zero-order chi connectivity index (χ0) is 17.6. The van der Waals surface area contributed by atoms with Crippen molar-refractivity contribution in [3.05, 3.63) is 65.2 Å². The van der Waals surface area contributed by atoms with Crippen LogP contribution in [0.4, 0.5) is 5.69 Å². The molecule has 132 valence electrons. The predicted molar refractivity (Wildman–Crippen MR) is 101 cm³/mol. The fourth-order valence-electron chi connectivity index (χ4n) is 3.35. The Kier molecular flexibility index (Phi) is 5.84. The number of anilines is 1. The summed E-state index contributed by atoms with van der Waals surface area (Å²) < 4.78 is 5.80. The first-order valence-electron chi connectivity index (χ1n) is 8.84. The highest BCUT2D eigenvalue weighted by Crippen LogP contribution is 2.16. The lowest BCUT2D eigenvalue weighted by atomic mass is 10.1. The summed E-state index contributed by atoms with van der Waals surface area (Å²) in [5.74, 6) is 0.0107. The van der Waals surface area contributed by atoms with Crippen LogP contribution in [0, 0.1) is 13.8 Å². The highest BCUT2D eigenvalue weighted by molar-refractivity contribution is 5.91. The van der Waals surface area contributed by atoms with Crippen molar-refractivity contribution < 1.29 is 9.53 Å². The van der Waals surface area contributed by atoms with Crippen LogP contribution in [0.3, 0.4) is 0 Å². The molecule has 3 rings (SSSR count). The van der Waals surface area contributed by atoms with Gasteiger partial charge in [-0.1, -0.05) is 36.4 Å². The fraction of sp³-hybridized carbons (Fsp3) is 0.381. The Hall–Kier alpha value is -2.17. The van der Waals surface area contributed by atoms with Crippen molar-refractivity contribution in [1.29, 1.82) is 0 Å². The number of morpholine rings is 1. The third-order valence-corrected chi connectivity index (χ3v) is 4.39. The summed E-state index contributed by atoms with van der Waals surface area (Å²) in [6, 6.07) is 16.5. The van der Waals surface area contributed by atoms with Crippen LogP contribution in [-0.2, 0) is 16.1 Å². The van der Waals surface area contributed by atoms with E-state index in [9.17, 15) is 4.79 Å². The molecule has 2 aromatic carbocycles. The van der Waals surface area contributed by atoms with E-state index in [1.54, 1.807) is 0 Å². The number of aryl methyl sites for hydroxylation is 2. The molecule has 0 radical (unpaired) electrons. The van der Waals surface area contributed by atoms with Crippen LogP contribution in [0.25, 0.3) is 0 Å². The first-order chi connectivity index (χ1) is 12.1. The van der Waals surface area contributed by atoms with E-state index in [2.05, 4.69) is 40.5 Å². The SMILES string of the molecule is Cc1cc(C)cc(NC(=O)C[C@H]2CN(Cc3ccccc3)CCO2)c1. The number of nitrogens with one attached hydrogen (secondary N) is 1. The lowest BCUT2D eigenvalue weighted by molar-refractivity contribution is -0.121. The molecule has 1 saturated heterocycles. The first-order valence-corrected chi connectivity index (χ1v) is 8.84. The molecule has 0 unspecified atom stereocenters. The molecule has 1 fully saturated rings. The molecule has 1 aliphatic heterocycles. The van der Waals surface area contributed by atoms with Crippen molar-refractivity contribution in [1.82, 2.24) is 4.90 Å². The summed E-state index contributed by atoms with van der Waals surface area (Å²) in [6.07, 6.45) is 0.335. The number of hydrogen-bond donors (Lipinski definition) is 1. The fourth-order valence-corrected chi connectivity index (χ4v) is 3.35. The molecule has 2 aromatic rings. The molecule has 1 N–H and O–H groups in total. The number of carbonyl (C=O) groups is 1. The number of amides is 1. The molecular formula is C21H26N2O2. The van der Waals surface area contributed by atoms with Gasteiger partial charge in [0.1, 0.15) is 0 Å². The molecule has 4 heteroatoms. The van der Waals surface area contributed by atoms with Gasteiger partial charge in [-0.25, -0.2) is 0 Å². The van der Waals surface area contributed by atoms with E-state index >= 15 is 0 Å². The summed E-state index contributed by atoms with van der Waals surface area (Å²) in [6.45, 7) is 7.34. The van der Waals surface area contributed by atoms with E-state index in [0.717, 1.165) is 36.4 Å². The summed E-state index contributed by atoms with van der Waals surface area (Å²) in [5.41, 5.74) is 4.46. The molecule has 25 heavy (non-hydrogen) atoms. The minimum Gasteiger partial charge on any atom is -0.375 e. The van der Waals surface area contributed by atoms with Gasteiger partial charge in [-0.2, -0.15) is 0 Å². The zero-order valence-electron chi connectivity index (χ0n) is 15.0. The van der Waals surface area contributed by atoms with Crippen molar-refractivity contribution in [3.63, 3.8) is 0 Å². The van der Waals surface area contributed by atoms with Gasteiger partial charge in [-0.15, -0.1) is 0 Å². The standard InChI is InChI=1S/C21H26N2O2/c1-16-10-17(2)12-19(11-16)22-21(24)13-20-15-23(8-9-25-20)14-18-6-4-3-5-7-18/h3-7,10-12,20H,8-9,13-15H2,1-2H3,(H,22,24)/t20-/m0/s1. The number of nitrogens with zero attached hydrogens (tertiary/aromatic N) is 1. The van der Waals surface area contributed by atoms with Crippen molar-refractivity contribution in [2.75, 3.05) is 25.0 Å². The second-order valence-electron chi connectivity index (χ2n) is 6.84. The van der Waals surface area contributed by atoms with Crippen LogP contribution in [0.15, 0.2) is 48.5 Å². The van der Waals surface area contributed by atoms with Crippen molar-refractivity contribution in [3.8, 4) is 0 Å². The third kappa shape index (κ3) is 5.41. The monoisotopic (exact) mass is 338 g/mol. The molecule has 1 heterocycles. The van der Waals surface area contributed by atoms with E-state index in [1.807, 2.05) is 32.0 Å². The van der Waals surface area contributed by atoms with Crippen LogP contribution in [-0.4, -0.2) is 36.6 Å². The van der Waals surface area contributed by atoms with Crippen LogP contribution in [0.5, 0.6) is 0 Å². The smallest absolute Gasteiger partial charge is 0.227 e. The van der Waals surface area contributed by atoms with Gasteiger partial charge in [0.25, 0.3) is 0 Å². The van der Waals surface area contributed by atoms with Gasteiger partial charge in [0.05, 0.1) is 19.1 Å². The molecule has 4 nitrogen and oxygen atoms in total. The van der Waals surface area contributed by atoms with Gasteiger partial charge in [0.15, 0.2) is 0 Å². The Bertz CT molecular complexity index is 695. The minimum absolute atomic E-state index is 0.0107. The summed E-state index contributed by atoms with van der Waals surface area (Å²) >= 11 is 0. The number of hydrogen-bond acceptors (Lipinski definition) is 3. The highest BCUT2D eigenvalue weighted by atomic mass is 16.5. The van der Waals surface area contributed by atoms with Crippen LogP contribution < -0.4 is 5.32 Å². The van der Waals surface area contributed by atoms with E-state index in [4.69, 9.17) is 4.74 Å². The number of benzene rings is 2. The molecule has 1 atom stereocenters. The maximum absolute atomic E-state index is 12.4. The number of rotatable bonds is 5. The summed E-state index contributed by atoms with van der Waals surface area (Å²) in [5, 5.41) is 3.00. The Morgan fingerprint density at radius 1 is 1.16 bits per heavy atom. The molecule has 0 bridgehead atoms. The van der Waals surface area contributed by atoms with Crippen LogP contribution in [0.2, 0.25) is 0 Å². The molecular weight excluding hydrogens is 312 g/mol. The second kappa shape index (κ2) is 8.28. The predicted octanol–water partition coefficient (Wildman–Crippen LogP) is 3.53. The number of ether oxygens (including phenoxy) is 1. The molecule has 0 aromatic heterocycles. The van der Waals surface area contributed by atoms with Gasteiger partial charge >= 0.3 is 0 Å². The van der Waals surface area contributed by atoms with Gasteiger partial charge < -0.3 is 10.1 Å². The molecule has 1 aliphatic rings. The summed E-state index contributed by atoms with van der Waals surface area (Å²) in [7, 11) is 0. The van der Waals surface area contributed by atoms with E-state index in [0.29, 0.717) is 13.0 Å². The lowest BCUT2D eigenvalue weighted by Gasteiger charge is -2.32. The number of carbonyl (C=O) groups excluding carboxylic acids is 1. The molecule has 0 saturated carbocycles. The van der Waals surface area contributed by atoms with Crippen LogP contribution in [0.1, 0.15) is 23.1 Å². The Morgan fingerprint density at radius 3 is 2.60 bits per heavy atom. The topological polar surface area (TPSA) is 41.6 Å². The maximum atomic E-state index is 12.4. The normalized spacial score (nSPS) is 18.1. The highest BCUT2D eigenvalue weighted by Gasteiger charge is 2.23. The first kappa shape index (κ1) is 17.6. The Labute approximate surface area is 149 Å². The third-order valence-electron chi connectivity index (χ3n) is 4.39. The van der Waals surface area contributed by atoms with Crippen LogP contribution >= 0.6 is 0 Å². The van der Waals surface area contributed by atoms with Gasteiger partial charge in [0, 0.05) is 25.3 Å². The summed E-state index contributed by atoms with van der Waals surface area (Å²) in [4.78, 5) is 14.7. The van der Waals surface area contributed by atoms with E-state index in [-0.39, 0.29) is 12.0 Å². The van der Waals surface area contributed by atoms with Gasteiger partial charge in [-0.05, 0) is 42.7 Å². The van der Waals surface area contributed by atoms with Gasteiger partial charge in [0.2, 0.25) is 5.91 Å². The van der Waals surface area contributed by atoms with E-state index in [1.165, 1.54) is 5.56 Å². The zero-order valence-corrected chi connectivity index (χ0v) is 15.0. The molecule has 0 spiro atoms. The average molecular weight is 338 g/mol. The average Bonchev–Trinajstić information content (AvgIpc) is 2.55. The largest absolute Gasteiger partial charge is 0.375 e. The quantitative estimate of drug-likeness (QED) is 0.907. The van der Waals surface area contributed by atoms with E-state index < -0.39 is 0 Å². The van der Waals surface area contributed by atoms with Gasteiger partial charge in [-0.3, -0.25) is 9.69 Å². The van der Waals surface area contributed by atoms with Crippen molar-refractivity contribution in [2.24, 2.45) is 0 Å².